The Kier molecular flexibility index (Phi) is 55.6. The number of rotatable bonds is 1. The van der Waals surface area contributed by atoms with Crippen molar-refractivity contribution < 1.29 is 0 Å². The Balaban J connectivity index is -0.0000000437. The second-order valence-electron chi connectivity index (χ2n) is 10.0. The lowest BCUT2D eigenvalue weighted by molar-refractivity contribution is 0.544. The summed E-state index contributed by atoms with van der Waals surface area (Å²) in [7, 11) is 0. The van der Waals surface area contributed by atoms with Gasteiger partial charge in [0.15, 0.2) is 0 Å². The van der Waals surface area contributed by atoms with Gasteiger partial charge in [-0.05, 0) is 86.5 Å². The van der Waals surface area contributed by atoms with E-state index in [0.717, 1.165) is 0 Å². The van der Waals surface area contributed by atoms with Gasteiger partial charge in [0.1, 0.15) is 0 Å². The van der Waals surface area contributed by atoms with Gasteiger partial charge in [0.25, 0.3) is 0 Å². The maximum atomic E-state index is 3.73. The van der Waals surface area contributed by atoms with E-state index in [1.54, 1.807) is 0 Å². The van der Waals surface area contributed by atoms with E-state index in [1.165, 1.54) is 11.1 Å². The second kappa shape index (κ2) is 36.2. The van der Waals surface area contributed by atoms with Crippen molar-refractivity contribution in [1.29, 1.82) is 0 Å². The third-order valence-electron chi connectivity index (χ3n) is 1.28. The first-order valence-electron chi connectivity index (χ1n) is 11.3. The van der Waals surface area contributed by atoms with Crippen LogP contribution in [0.3, 0.4) is 0 Å². The molecule has 0 bridgehead atoms. The average molecular weight is 437 g/mol. The Hall–Kier alpha value is -1.17. The Labute approximate surface area is 204 Å². The summed E-state index contributed by atoms with van der Waals surface area (Å²) in [6.07, 6.45) is 4.00. The number of allylic oxidation sites excluding steroid dienone is 4. The predicted octanol–water partition coefficient (Wildman–Crippen LogP) is 11.3. The van der Waals surface area contributed by atoms with E-state index in [-0.39, 0.29) is 5.41 Å². The average Bonchev–Trinajstić information content (AvgIpc) is 2.43. The highest BCUT2D eigenvalue weighted by molar-refractivity contribution is 4.79. The third-order valence-corrected chi connectivity index (χ3v) is 1.28. The first kappa shape index (κ1) is 47.6. The summed E-state index contributed by atoms with van der Waals surface area (Å²) >= 11 is 0. The molecule has 0 aliphatic carbocycles. The fourth-order valence-corrected chi connectivity index (χ4v) is 0. The molecular formula is C31H64. The fourth-order valence-electron chi connectivity index (χ4n) is 0. The van der Waals surface area contributed by atoms with Crippen molar-refractivity contribution in [2.45, 2.75) is 96.9 Å². The molecule has 0 fully saturated rings. The van der Waals surface area contributed by atoms with E-state index in [9.17, 15) is 0 Å². The van der Waals surface area contributed by atoms with Crippen LogP contribution in [0, 0.1) is 70.6 Å². The smallest absolute Gasteiger partial charge is 0.0897 e. The van der Waals surface area contributed by atoms with E-state index >= 15 is 0 Å². The number of hydrogen-bond acceptors (Lipinski definition) is 0. The number of hydrogen-bond donors (Lipinski definition) is 0. The molecule has 0 heteroatoms. The zero-order valence-electron chi connectivity index (χ0n) is 24.6. The van der Waals surface area contributed by atoms with Crippen molar-refractivity contribution in [1.82, 2.24) is 0 Å². The zero-order chi connectivity index (χ0) is 27.4. The molecule has 0 saturated carbocycles. The molecule has 0 aromatic carbocycles. The lowest BCUT2D eigenvalue weighted by Gasteiger charge is -2.06. The van der Waals surface area contributed by atoms with Crippen LogP contribution in [0.2, 0.25) is 0 Å². The molecule has 188 valence electrons. The minimum atomic E-state index is 0. The normalized spacial score (nSPS) is 10.1. The minimum Gasteiger partial charge on any atom is -0.341 e. The van der Waals surface area contributed by atoms with Crippen LogP contribution in [-0.4, -0.2) is 0 Å². The van der Waals surface area contributed by atoms with Crippen LogP contribution in [-0.2, 0) is 0 Å². The quantitative estimate of drug-likeness (QED) is 0.283. The standard InChI is InChI=1S/C6H12.C5H10.2C4H9.3C4H8/c1-5(2)6(3)4;1-5(2,3)4;4*1-4(2)3;1-3-4-2/h5-6H,1-2H2,3-4H3;1-2H2,3-4H3;2*4H,1H2,2-3H3;2*1H2,2-3H3;3-4H,1-2H3/q;;-1;+1;;;. The van der Waals surface area contributed by atoms with Gasteiger partial charge < -0.3 is 6.92 Å². The SMILES string of the molecule is C=C(C)C.C=C(C)C.CC=CC.[CH2+]C(C)C.[CH2+]C([CH2-])(C)C.[CH2+]C([CH2-])C(C)C.[CH2-]C(C)C. The van der Waals surface area contributed by atoms with Gasteiger partial charge >= 0.3 is 0 Å². The maximum absolute atomic E-state index is 3.73. The van der Waals surface area contributed by atoms with E-state index in [0.29, 0.717) is 23.7 Å². The largest absolute Gasteiger partial charge is 0.341 e. The molecule has 0 heterocycles. The summed E-state index contributed by atoms with van der Waals surface area (Å²) in [5.41, 5.74) is 2.33. The molecule has 0 radical (unpaired) electrons. The van der Waals surface area contributed by atoms with Crippen LogP contribution in [0.4, 0.5) is 0 Å². The van der Waals surface area contributed by atoms with Crippen LogP contribution >= 0.6 is 0 Å². The first-order valence-corrected chi connectivity index (χ1v) is 11.3. The predicted molar refractivity (Wildman–Crippen MR) is 155 cm³/mol. The molecule has 0 unspecified atom stereocenters. The van der Waals surface area contributed by atoms with E-state index in [1.807, 2.05) is 67.5 Å². The molecule has 0 atom stereocenters. The highest BCUT2D eigenvalue weighted by Crippen LogP contribution is 2.06. The molecule has 0 aromatic heterocycles. The highest BCUT2D eigenvalue weighted by Gasteiger charge is 1.96. The Morgan fingerprint density at radius 2 is 0.839 bits per heavy atom. The first-order chi connectivity index (χ1) is 13.5. The summed E-state index contributed by atoms with van der Waals surface area (Å²) < 4.78 is 0. The van der Waals surface area contributed by atoms with Crippen LogP contribution in [0.25, 0.3) is 0 Å². The van der Waals surface area contributed by atoms with Gasteiger partial charge in [-0.1, -0.05) is 51.0 Å². The van der Waals surface area contributed by atoms with Gasteiger partial charge in [0.2, 0.25) is 0 Å². The van der Waals surface area contributed by atoms with Crippen molar-refractivity contribution in [3.63, 3.8) is 0 Å². The van der Waals surface area contributed by atoms with Crippen LogP contribution in [0.15, 0.2) is 36.5 Å². The third kappa shape index (κ3) is 1410. The highest BCUT2D eigenvalue weighted by atomic mass is 14.0. The monoisotopic (exact) mass is 437 g/mol. The molecule has 0 aromatic rings. The summed E-state index contributed by atoms with van der Waals surface area (Å²) in [5, 5.41) is 0. The minimum absolute atomic E-state index is 0. The molecule has 0 aliphatic rings. The summed E-state index contributed by atoms with van der Waals surface area (Å²) in [5.74, 6) is 2.15. The van der Waals surface area contributed by atoms with Gasteiger partial charge in [-0.15, -0.1) is 13.2 Å². The summed E-state index contributed by atoms with van der Waals surface area (Å²) in [6.45, 7) is 57.4. The molecule has 0 saturated heterocycles. The summed E-state index contributed by atoms with van der Waals surface area (Å²) in [4.78, 5) is 0. The Morgan fingerprint density at radius 3 is 0.839 bits per heavy atom. The topological polar surface area (TPSA) is 0 Å². The van der Waals surface area contributed by atoms with E-state index < -0.39 is 0 Å². The maximum Gasteiger partial charge on any atom is 0.0897 e. The summed E-state index contributed by atoms with van der Waals surface area (Å²) in [6, 6.07) is 0. The van der Waals surface area contributed by atoms with E-state index in [4.69, 9.17) is 0 Å². The van der Waals surface area contributed by atoms with Crippen molar-refractivity contribution in [2.75, 3.05) is 0 Å². The molecule has 0 amide bonds. The molecule has 31 heavy (non-hydrogen) atoms. The molecule has 0 nitrogen and oxygen atoms in total. The second-order valence-corrected chi connectivity index (χ2v) is 10.0. The lowest BCUT2D eigenvalue weighted by Crippen LogP contribution is -1.96. The zero-order valence-corrected chi connectivity index (χ0v) is 24.6. The molecule has 0 spiro atoms. The van der Waals surface area contributed by atoms with Gasteiger partial charge in [-0.3, -0.25) is 13.8 Å². The molecular weight excluding hydrogens is 372 g/mol. The van der Waals surface area contributed by atoms with Gasteiger partial charge in [-0.25, -0.2) is 0 Å². The van der Waals surface area contributed by atoms with Gasteiger partial charge in [0, 0.05) is 13.8 Å². The molecule has 0 aliphatic heterocycles. The van der Waals surface area contributed by atoms with E-state index in [2.05, 4.69) is 96.2 Å². The Bertz CT molecular complexity index is 282. The van der Waals surface area contributed by atoms with Crippen LogP contribution < -0.4 is 0 Å². The van der Waals surface area contributed by atoms with Gasteiger partial charge in [-0.2, -0.15) is 5.92 Å². The lowest BCUT2D eigenvalue weighted by atomic mass is 10.0. The fraction of sp³-hybridized carbons (Fsp3) is 0.613. The van der Waals surface area contributed by atoms with Crippen molar-refractivity contribution >= 4 is 0 Å². The van der Waals surface area contributed by atoms with Crippen molar-refractivity contribution in [3.8, 4) is 0 Å². The molecule has 0 rings (SSSR count). The van der Waals surface area contributed by atoms with Crippen LogP contribution in [0.5, 0.6) is 0 Å². The Morgan fingerprint density at radius 1 is 0.774 bits per heavy atom. The van der Waals surface area contributed by atoms with Crippen LogP contribution in [0.1, 0.15) is 96.9 Å². The molecule has 0 N–H and O–H groups in total. The van der Waals surface area contributed by atoms with Crippen molar-refractivity contribution in [3.05, 3.63) is 78.0 Å². The van der Waals surface area contributed by atoms with Gasteiger partial charge in [0.05, 0.1) is 12.8 Å². The van der Waals surface area contributed by atoms with Crippen molar-refractivity contribution in [2.24, 2.45) is 29.1 Å².